The highest BCUT2D eigenvalue weighted by molar-refractivity contribution is 5.86. The molecular formula is C10H7F3N4O2. The first-order valence-corrected chi connectivity index (χ1v) is 5.01. The minimum Gasteiger partial charge on any atom is -0.476 e. The summed E-state index contributed by atoms with van der Waals surface area (Å²) in [5, 5.41) is 15.2. The topological polar surface area (TPSA) is 80.9 Å². The van der Waals surface area contributed by atoms with Gasteiger partial charge in [0.05, 0.1) is 0 Å². The standard InChI is InChI=1S/C10H7F3N4O2/c1-5-3-2-4-6(14-5)17-15-7(9(18)19)8(16-17)10(11,12)13/h2-4H,1H3,(H,18,19). The van der Waals surface area contributed by atoms with E-state index in [1.807, 2.05) is 0 Å². The van der Waals surface area contributed by atoms with E-state index in [0.29, 0.717) is 10.5 Å². The van der Waals surface area contributed by atoms with Crippen molar-refractivity contribution < 1.29 is 23.1 Å². The first-order chi connectivity index (χ1) is 8.79. The molecular weight excluding hydrogens is 265 g/mol. The summed E-state index contributed by atoms with van der Waals surface area (Å²) in [6.45, 7) is 1.63. The van der Waals surface area contributed by atoms with Crippen molar-refractivity contribution >= 4 is 5.97 Å². The SMILES string of the molecule is Cc1cccc(-n2nc(C(=O)O)c(C(F)(F)F)n2)n1. The van der Waals surface area contributed by atoms with Gasteiger partial charge in [0.15, 0.2) is 5.82 Å². The van der Waals surface area contributed by atoms with E-state index in [1.54, 1.807) is 19.1 Å². The third-order valence-corrected chi connectivity index (χ3v) is 2.16. The van der Waals surface area contributed by atoms with Crippen molar-refractivity contribution in [1.29, 1.82) is 0 Å². The zero-order valence-electron chi connectivity index (χ0n) is 9.51. The van der Waals surface area contributed by atoms with Crippen molar-refractivity contribution in [3.8, 4) is 5.82 Å². The molecule has 2 aromatic heterocycles. The number of aromatic nitrogens is 4. The van der Waals surface area contributed by atoms with Gasteiger partial charge in [-0.1, -0.05) is 6.07 Å². The highest BCUT2D eigenvalue weighted by Crippen LogP contribution is 2.30. The van der Waals surface area contributed by atoms with Gasteiger partial charge >= 0.3 is 12.1 Å². The highest BCUT2D eigenvalue weighted by atomic mass is 19.4. The number of halogens is 3. The fraction of sp³-hybridized carbons (Fsp3) is 0.200. The molecule has 6 nitrogen and oxygen atoms in total. The van der Waals surface area contributed by atoms with Crippen LogP contribution in [0.1, 0.15) is 21.9 Å². The molecule has 0 aliphatic carbocycles. The molecule has 2 rings (SSSR count). The lowest BCUT2D eigenvalue weighted by molar-refractivity contribution is -0.141. The van der Waals surface area contributed by atoms with Crippen LogP contribution < -0.4 is 0 Å². The first kappa shape index (κ1) is 13.0. The van der Waals surface area contributed by atoms with E-state index in [9.17, 15) is 18.0 Å². The van der Waals surface area contributed by atoms with Crippen LogP contribution >= 0.6 is 0 Å². The van der Waals surface area contributed by atoms with E-state index in [-0.39, 0.29) is 5.82 Å². The maximum absolute atomic E-state index is 12.6. The normalized spacial score (nSPS) is 11.6. The third kappa shape index (κ3) is 2.54. The Morgan fingerprint density at radius 2 is 2.00 bits per heavy atom. The number of rotatable bonds is 2. The maximum Gasteiger partial charge on any atom is 0.437 e. The molecule has 0 atom stereocenters. The summed E-state index contributed by atoms with van der Waals surface area (Å²) < 4.78 is 37.9. The van der Waals surface area contributed by atoms with Gasteiger partial charge in [-0.2, -0.15) is 13.2 Å². The molecule has 0 saturated heterocycles. The van der Waals surface area contributed by atoms with Crippen LogP contribution in [0, 0.1) is 6.92 Å². The average molecular weight is 272 g/mol. The molecule has 0 aliphatic heterocycles. The number of alkyl halides is 3. The molecule has 100 valence electrons. The van der Waals surface area contributed by atoms with E-state index in [2.05, 4.69) is 15.2 Å². The smallest absolute Gasteiger partial charge is 0.437 e. The molecule has 0 fully saturated rings. The van der Waals surface area contributed by atoms with Crippen LogP contribution in [0.2, 0.25) is 0 Å². The summed E-state index contributed by atoms with van der Waals surface area (Å²) >= 11 is 0. The van der Waals surface area contributed by atoms with Crippen LogP contribution in [0.15, 0.2) is 18.2 Å². The Labute approximate surface area is 104 Å². The van der Waals surface area contributed by atoms with Crippen LogP contribution in [-0.4, -0.2) is 31.1 Å². The molecule has 1 N–H and O–H groups in total. The fourth-order valence-corrected chi connectivity index (χ4v) is 1.38. The summed E-state index contributed by atoms with van der Waals surface area (Å²) in [7, 11) is 0. The molecule has 0 unspecified atom stereocenters. The molecule has 2 aromatic rings. The van der Waals surface area contributed by atoms with E-state index in [1.165, 1.54) is 6.07 Å². The number of carbonyl (C=O) groups is 1. The number of pyridine rings is 1. The lowest BCUT2D eigenvalue weighted by atomic mass is 10.3. The minimum atomic E-state index is -4.89. The molecule has 0 saturated carbocycles. The molecule has 9 heteroatoms. The van der Waals surface area contributed by atoms with Gasteiger partial charge in [0.25, 0.3) is 0 Å². The first-order valence-electron chi connectivity index (χ1n) is 5.01. The molecule has 0 spiro atoms. The van der Waals surface area contributed by atoms with Gasteiger partial charge in [0.2, 0.25) is 11.4 Å². The van der Waals surface area contributed by atoms with Crippen molar-refractivity contribution in [3.63, 3.8) is 0 Å². The van der Waals surface area contributed by atoms with Crippen LogP contribution in [0.25, 0.3) is 5.82 Å². The summed E-state index contributed by atoms with van der Waals surface area (Å²) in [5.41, 5.74) is -2.17. The van der Waals surface area contributed by atoms with Crippen molar-refractivity contribution in [1.82, 2.24) is 20.0 Å². The summed E-state index contributed by atoms with van der Waals surface area (Å²) in [6, 6.07) is 4.56. The number of carboxylic acid groups (broad SMARTS) is 1. The number of carboxylic acids is 1. The molecule has 19 heavy (non-hydrogen) atoms. The van der Waals surface area contributed by atoms with Gasteiger partial charge in [0, 0.05) is 5.69 Å². The van der Waals surface area contributed by atoms with E-state index >= 15 is 0 Å². The van der Waals surface area contributed by atoms with Gasteiger partial charge in [-0.05, 0) is 19.1 Å². The van der Waals surface area contributed by atoms with Crippen molar-refractivity contribution in [3.05, 3.63) is 35.3 Å². The summed E-state index contributed by atoms with van der Waals surface area (Å²) in [5.74, 6) is -1.79. The molecule has 0 bridgehead atoms. The Morgan fingerprint density at radius 3 is 2.47 bits per heavy atom. The van der Waals surface area contributed by atoms with Crippen LogP contribution in [0.3, 0.4) is 0 Å². The van der Waals surface area contributed by atoms with E-state index in [4.69, 9.17) is 5.11 Å². The van der Waals surface area contributed by atoms with E-state index in [0.717, 1.165) is 0 Å². The van der Waals surface area contributed by atoms with E-state index < -0.39 is 23.5 Å². The zero-order chi connectivity index (χ0) is 14.2. The molecule has 2 heterocycles. The largest absolute Gasteiger partial charge is 0.476 e. The van der Waals surface area contributed by atoms with Crippen LogP contribution in [0.4, 0.5) is 13.2 Å². The Hall–Kier alpha value is -2.45. The second-order valence-electron chi connectivity index (χ2n) is 3.63. The molecule has 0 amide bonds. The predicted molar refractivity (Wildman–Crippen MR) is 55.9 cm³/mol. The third-order valence-electron chi connectivity index (χ3n) is 2.16. The zero-order valence-corrected chi connectivity index (χ0v) is 9.51. The lowest BCUT2D eigenvalue weighted by Crippen LogP contribution is -2.12. The van der Waals surface area contributed by atoms with Gasteiger partial charge in [-0.3, -0.25) is 0 Å². The van der Waals surface area contributed by atoms with Gasteiger partial charge in [-0.15, -0.1) is 15.0 Å². The van der Waals surface area contributed by atoms with Crippen LogP contribution in [-0.2, 0) is 6.18 Å². The maximum atomic E-state index is 12.6. The fourth-order valence-electron chi connectivity index (χ4n) is 1.38. The number of hydrogen-bond acceptors (Lipinski definition) is 4. The summed E-state index contributed by atoms with van der Waals surface area (Å²) in [6.07, 6.45) is -4.89. The van der Waals surface area contributed by atoms with Gasteiger partial charge in [0.1, 0.15) is 0 Å². The Kier molecular flexibility index (Phi) is 2.97. The van der Waals surface area contributed by atoms with Crippen molar-refractivity contribution in [2.45, 2.75) is 13.1 Å². The quantitative estimate of drug-likeness (QED) is 0.899. The van der Waals surface area contributed by atoms with Crippen LogP contribution in [0.5, 0.6) is 0 Å². The molecule has 0 aromatic carbocycles. The predicted octanol–water partition coefficient (Wildman–Crippen LogP) is 1.69. The number of nitrogens with zero attached hydrogens (tertiary/aromatic N) is 4. The Balaban J connectivity index is 2.58. The second-order valence-corrected chi connectivity index (χ2v) is 3.63. The molecule has 0 aliphatic rings. The van der Waals surface area contributed by atoms with Crippen molar-refractivity contribution in [2.24, 2.45) is 0 Å². The number of aromatic carboxylic acids is 1. The average Bonchev–Trinajstić information content (AvgIpc) is 2.73. The second kappa shape index (κ2) is 4.34. The van der Waals surface area contributed by atoms with Gasteiger partial charge < -0.3 is 5.11 Å². The highest BCUT2D eigenvalue weighted by Gasteiger charge is 2.40. The Bertz CT molecular complexity index is 636. The summed E-state index contributed by atoms with van der Waals surface area (Å²) in [4.78, 5) is 15.2. The monoisotopic (exact) mass is 272 g/mol. The lowest BCUT2D eigenvalue weighted by Gasteiger charge is -2.01. The van der Waals surface area contributed by atoms with Gasteiger partial charge in [-0.25, -0.2) is 9.78 Å². The molecule has 0 radical (unpaired) electrons. The number of hydrogen-bond donors (Lipinski definition) is 1. The minimum absolute atomic E-state index is 0.0120. The number of aryl methyl sites for hydroxylation is 1. The van der Waals surface area contributed by atoms with Crippen molar-refractivity contribution in [2.75, 3.05) is 0 Å². The Morgan fingerprint density at radius 1 is 1.32 bits per heavy atom.